The van der Waals surface area contributed by atoms with Crippen molar-refractivity contribution in [3.63, 3.8) is 0 Å². The van der Waals surface area contributed by atoms with Crippen molar-refractivity contribution >= 4 is 20.0 Å². The highest BCUT2D eigenvalue weighted by Gasteiger charge is 2.28. The smallest absolute Gasteiger partial charge is 0.243 e. The first kappa shape index (κ1) is 18.7. The summed E-state index contributed by atoms with van der Waals surface area (Å²) in [6.45, 7) is 3.64. The van der Waals surface area contributed by atoms with E-state index in [-0.39, 0.29) is 9.79 Å². The van der Waals surface area contributed by atoms with Gasteiger partial charge in [-0.1, -0.05) is 0 Å². The molecule has 2 saturated heterocycles. The van der Waals surface area contributed by atoms with Gasteiger partial charge in [0.25, 0.3) is 0 Å². The Balaban J connectivity index is 1.81. The van der Waals surface area contributed by atoms with E-state index < -0.39 is 20.0 Å². The van der Waals surface area contributed by atoms with Gasteiger partial charge in [-0.15, -0.1) is 0 Å². The Kier molecular flexibility index (Phi) is 5.76. The van der Waals surface area contributed by atoms with E-state index in [0.717, 1.165) is 13.0 Å². The second kappa shape index (κ2) is 7.68. The van der Waals surface area contributed by atoms with Crippen molar-refractivity contribution in [2.75, 3.05) is 52.5 Å². The van der Waals surface area contributed by atoms with Crippen molar-refractivity contribution in [1.29, 1.82) is 0 Å². The van der Waals surface area contributed by atoms with E-state index in [1.807, 2.05) is 0 Å². The lowest BCUT2D eigenvalue weighted by Crippen LogP contribution is -2.40. The summed E-state index contributed by atoms with van der Waals surface area (Å²) >= 11 is 0. The Bertz CT molecular complexity index is 779. The first-order valence-corrected chi connectivity index (χ1v) is 11.2. The van der Waals surface area contributed by atoms with Crippen LogP contribution in [0.5, 0.6) is 0 Å². The van der Waals surface area contributed by atoms with E-state index in [9.17, 15) is 16.8 Å². The normalized spacial score (nSPS) is 21.8. The van der Waals surface area contributed by atoms with Crippen LogP contribution < -0.4 is 5.32 Å². The standard InChI is InChI=1S/C15H23N3O5S2/c19-24(20,17-8-1-6-16-7-9-17)14-2-4-15(5-3-14)25(21,22)18-10-12-23-13-11-18/h2-5,16H,1,6-13H2. The van der Waals surface area contributed by atoms with Crippen LogP contribution in [0, 0.1) is 0 Å². The minimum absolute atomic E-state index is 0.103. The van der Waals surface area contributed by atoms with Gasteiger partial charge in [0.15, 0.2) is 0 Å². The molecule has 2 aliphatic rings. The fraction of sp³-hybridized carbons (Fsp3) is 0.600. The number of nitrogens with one attached hydrogen (secondary N) is 1. The van der Waals surface area contributed by atoms with Gasteiger partial charge in [-0.3, -0.25) is 0 Å². The molecule has 1 aromatic carbocycles. The summed E-state index contributed by atoms with van der Waals surface area (Å²) in [6, 6.07) is 5.49. The lowest BCUT2D eigenvalue weighted by molar-refractivity contribution is 0.0730. The van der Waals surface area contributed by atoms with Crippen LogP contribution in [0.1, 0.15) is 6.42 Å². The largest absolute Gasteiger partial charge is 0.379 e. The predicted octanol–water partition coefficient (Wildman–Crippen LogP) is -0.308. The van der Waals surface area contributed by atoms with Gasteiger partial charge < -0.3 is 10.1 Å². The van der Waals surface area contributed by atoms with Crippen LogP contribution >= 0.6 is 0 Å². The molecule has 0 spiro atoms. The summed E-state index contributed by atoms with van der Waals surface area (Å²) in [5.41, 5.74) is 0. The molecular weight excluding hydrogens is 366 g/mol. The Labute approximate surface area is 148 Å². The number of rotatable bonds is 4. The van der Waals surface area contributed by atoms with Crippen LogP contribution in [0.25, 0.3) is 0 Å². The zero-order valence-electron chi connectivity index (χ0n) is 13.9. The van der Waals surface area contributed by atoms with Gasteiger partial charge in [0, 0.05) is 32.7 Å². The average Bonchev–Trinajstić information content (AvgIpc) is 2.92. The van der Waals surface area contributed by atoms with Crippen LogP contribution in [-0.4, -0.2) is 77.9 Å². The molecule has 0 saturated carbocycles. The highest BCUT2D eigenvalue weighted by atomic mass is 32.2. The van der Waals surface area contributed by atoms with Gasteiger partial charge in [-0.2, -0.15) is 8.61 Å². The maximum atomic E-state index is 12.7. The summed E-state index contributed by atoms with van der Waals surface area (Å²) in [4.78, 5) is 0.223. The molecule has 2 heterocycles. The molecule has 3 rings (SSSR count). The summed E-state index contributed by atoms with van der Waals surface area (Å²) in [5, 5.41) is 3.16. The molecule has 140 valence electrons. The SMILES string of the molecule is O=S(=O)(c1ccc(S(=O)(=O)N2CCOCC2)cc1)N1CCCNCC1. The minimum atomic E-state index is -3.62. The quantitative estimate of drug-likeness (QED) is 0.759. The van der Waals surface area contributed by atoms with Crippen molar-refractivity contribution in [2.45, 2.75) is 16.2 Å². The highest BCUT2D eigenvalue weighted by molar-refractivity contribution is 7.89. The zero-order valence-corrected chi connectivity index (χ0v) is 15.6. The van der Waals surface area contributed by atoms with E-state index in [2.05, 4.69) is 5.32 Å². The van der Waals surface area contributed by atoms with E-state index in [1.54, 1.807) is 0 Å². The van der Waals surface area contributed by atoms with Gasteiger partial charge in [0.1, 0.15) is 0 Å². The van der Waals surface area contributed by atoms with Crippen molar-refractivity contribution < 1.29 is 21.6 Å². The Morgan fingerprint density at radius 3 is 1.84 bits per heavy atom. The second-order valence-electron chi connectivity index (χ2n) is 6.00. The average molecular weight is 389 g/mol. The fourth-order valence-corrected chi connectivity index (χ4v) is 5.82. The summed E-state index contributed by atoms with van der Waals surface area (Å²) in [7, 11) is -7.23. The number of sulfonamides is 2. The summed E-state index contributed by atoms with van der Waals surface area (Å²) < 4.78 is 58.6. The molecule has 0 radical (unpaired) electrons. The van der Waals surface area contributed by atoms with Crippen LogP contribution in [-0.2, 0) is 24.8 Å². The zero-order chi connectivity index (χ0) is 17.9. The van der Waals surface area contributed by atoms with E-state index in [1.165, 1.54) is 32.9 Å². The predicted molar refractivity (Wildman–Crippen MR) is 92.3 cm³/mol. The molecule has 0 aliphatic carbocycles. The molecule has 0 atom stereocenters. The number of hydrogen-bond acceptors (Lipinski definition) is 6. The van der Waals surface area contributed by atoms with Crippen molar-refractivity contribution in [3.8, 4) is 0 Å². The Hall–Kier alpha value is -1.04. The number of morpholine rings is 1. The van der Waals surface area contributed by atoms with E-state index in [4.69, 9.17) is 4.74 Å². The van der Waals surface area contributed by atoms with Gasteiger partial charge in [-0.05, 0) is 37.2 Å². The van der Waals surface area contributed by atoms with Crippen LogP contribution in [0.4, 0.5) is 0 Å². The lowest BCUT2D eigenvalue weighted by Gasteiger charge is -2.26. The number of hydrogen-bond donors (Lipinski definition) is 1. The highest BCUT2D eigenvalue weighted by Crippen LogP contribution is 2.22. The topological polar surface area (TPSA) is 96.0 Å². The number of nitrogens with zero attached hydrogens (tertiary/aromatic N) is 2. The minimum Gasteiger partial charge on any atom is -0.379 e. The van der Waals surface area contributed by atoms with Gasteiger partial charge in [0.2, 0.25) is 20.0 Å². The first-order chi connectivity index (χ1) is 11.9. The molecule has 0 bridgehead atoms. The fourth-order valence-electron chi connectivity index (χ4n) is 2.93. The molecular formula is C15H23N3O5S2. The van der Waals surface area contributed by atoms with Crippen LogP contribution in [0.2, 0.25) is 0 Å². The van der Waals surface area contributed by atoms with Crippen LogP contribution in [0.15, 0.2) is 34.1 Å². The maximum absolute atomic E-state index is 12.7. The molecule has 1 N–H and O–H groups in total. The third kappa shape index (κ3) is 4.04. The maximum Gasteiger partial charge on any atom is 0.243 e. The lowest BCUT2D eigenvalue weighted by atomic mass is 10.4. The van der Waals surface area contributed by atoms with E-state index >= 15 is 0 Å². The third-order valence-corrected chi connectivity index (χ3v) is 8.19. The second-order valence-corrected chi connectivity index (χ2v) is 9.87. The third-order valence-electron chi connectivity index (χ3n) is 4.37. The molecule has 0 amide bonds. The van der Waals surface area contributed by atoms with Crippen molar-refractivity contribution in [1.82, 2.24) is 13.9 Å². The summed E-state index contributed by atoms with van der Waals surface area (Å²) in [6.07, 6.45) is 0.753. The summed E-state index contributed by atoms with van der Waals surface area (Å²) in [5.74, 6) is 0. The Morgan fingerprint density at radius 2 is 1.28 bits per heavy atom. The molecule has 10 heteroatoms. The Morgan fingerprint density at radius 1 is 0.760 bits per heavy atom. The molecule has 1 aromatic rings. The monoisotopic (exact) mass is 389 g/mol. The van der Waals surface area contributed by atoms with Gasteiger partial charge in [0.05, 0.1) is 23.0 Å². The van der Waals surface area contributed by atoms with Gasteiger partial charge in [-0.25, -0.2) is 16.8 Å². The number of benzene rings is 1. The van der Waals surface area contributed by atoms with Gasteiger partial charge >= 0.3 is 0 Å². The molecule has 0 aromatic heterocycles. The first-order valence-electron chi connectivity index (χ1n) is 8.31. The van der Waals surface area contributed by atoms with Crippen molar-refractivity contribution in [2.24, 2.45) is 0 Å². The number of ether oxygens (including phenoxy) is 1. The van der Waals surface area contributed by atoms with Crippen molar-refractivity contribution in [3.05, 3.63) is 24.3 Å². The molecule has 0 unspecified atom stereocenters. The molecule has 2 aliphatic heterocycles. The molecule has 25 heavy (non-hydrogen) atoms. The molecule has 2 fully saturated rings. The molecule has 8 nitrogen and oxygen atoms in total. The van der Waals surface area contributed by atoms with E-state index in [0.29, 0.717) is 45.9 Å². The van der Waals surface area contributed by atoms with Crippen LogP contribution in [0.3, 0.4) is 0 Å².